The first-order chi connectivity index (χ1) is 14.9. The molecule has 4 rings (SSSR count). The van der Waals surface area contributed by atoms with Crippen molar-refractivity contribution < 1.29 is 18.8 Å². The summed E-state index contributed by atoms with van der Waals surface area (Å²) >= 11 is 6.12. The van der Waals surface area contributed by atoms with Crippen LogP contribution in [-0.4, -0.2) is 17.8 Å². The molecular weight excluding hydrogens is 419 g/mol. The van der Waals surface area contributed by atoms with Gasteiger partial charge in [-0.2, -0.15) is 0 Å². The van der Waals surface area contributed by atoms with Crippen LogP contribution in [0.5, 0.6) is 0 Å². The molecule has 154 valence electrons. The molecule has 0 atom stereocenters. The number of carbonyl (C=O) groups is 3. The van der Waals surface area contributed by atoms with Gasteiger partial charge in [0.2, 0.25) is 0 Å². The van der Waals surface area contributed by atoms with Crippen molar-refractivity contribution in [1.82, 2.24) is 5.32 Å². The Balaban J connectivity index is 1.60. The lowest BCUT2D eigenvalue weighted by molar-refractivity contribution is -0.122. The van der Waals surface area contributed by atoms with Crippen molar-refractivity contribution in [2.24, 2.45) is 0 Å². The second kappa shape index (κ2) is 8.53. The van der Waals surface area contributed by atoms with Gasteiger partial charge in [-0.25, -0.2) is 14.1 Å². The molecule has 1 heterocycles. The molecule has 0 aromatic heterocycles. The third-order valence-electron chi connectivity index (χ3n) is 4.84. The Bertz CT molecular complexity index is 1220. The molecule has 0 unspecified atom stereocenters. The largest absolute Gasteiger partial charge is 0.335 e. The fourth-order valence-corrected chi connectivity index (χ4v) is 3.49. The summed E-state index contributed by atoms with van der Waals surface area (Å²) in [7, 11) is 0. The van der Waals surface area contributed by atoms with Crippen molar-refractivity contribution in [3.63, 3.8) is 0 Å². The highest BCUT2D eigenvalue weighted by atomic mass is 35.5. The molecule has 7 heteroatoms. The molecule has 3 aromatic rings. The molecule has 0 saturated carbocycles. The van der Waals surface area contributed by atoms with Gasteiger partial charge in [0.1, 0.15) is 11.4 Å². The van der Waals surface area contributed by atoms with Crippen LogP contribution in [0.25, 0.3) is 6.08 Å². The molecular formula is C24H16ClFN2O3. The average Bonchev–Trinajstić information content (AvgIpc) is 2.75. The number of anilines is 1. The Morgan fingerprint density at radius 3 is 2.29 bits per heavy atom. The van der Waals surface area contributed by atoms with E-state index >= 15 is 0 Å². The first-order valence-electron chi connectivity index (χ1n) is 9.42. The van der Waals surface area contributed by atoms with Crippen LogP contribution in [-0.2, 0) is 16.0 Å². The topological polar surface area (TPSA) is 66.5 Å². The van der Waals surface area contributed by atoms with Crippen molar-refractivity contribution in [2.45, 2.75) is 6.42 Å². The molecule has 0 radical (unpaired) electrons. The zero-order valence-corrected chi connectivity index (χ0v) is 16.9. The van der Waals surface area contributed by atoms with E-state index < -0.39 is 17.8 Å². The zero-order chi connectivity index (χ0) is 22.0. The molecule has 3 aromatic carbocycles. The fourth-order valence-electron chi connectivity index (χ4n) is 3.27. The molecule has 0 bridgehead atoms. The smallest absolute Gasteiger partial charge is 0.273 e. The van der Waals surface area contributed by atoms with Crippen LogP contribution in [0, 0.1) is 5.82 Å². The standard InChI is InChI=1S/C24H16ClFN2O3/c25-19-6-2-4-8-21(19)28-23(30)18(22(29)27-24(28)31)14-16-11-9-15(10-12-16)13-17-5-1-3-7-20(17)26/h1-12,14H,13H2,(H,27,29,31)/b18-14+. The minimum atomic E-state index is -0.861. The van der Waals surface area contributed by atoms with E-state index in [1.54, 1.807) is 60.7 Å². The minimum Gasteiger partial charge on any atom is -0.273 e. The first kappa shape index (κ1) is 20.5. The number of nitrogens with one attached hydrogen (secondary N) is 1. The molecule has 5 nitrogen and oxygen atoms in total. The predicted molar refractivity (Wildman–Crippen MR) is 116 cm³/mol. The van der Waals surface area contributed by atoms with Gasteiger partial charge in [0.15, 0.2) is 0 Å². The van der Waals surface area contributed by atoms with Crippen molar-refractivity contribution in [2.75, 3.05) is 4.90 Å². The summed E-state index contributed by atoms with van der Waals surface area (Å²) in [6.07, 6.45) is 1.82. The van der Waals surface area contributed by atoms with Crippen molar-refractivity contribution in [3.8, 4) is 0 Å². The highest BCUT2D eigenvalue weighted by Crippen LogP contribution is 2.28. The summed E-state index contributed by atoms with van der Waals surface area (Å²) in [5.41, 5.74) is 2.03. The number of halogens is 2. The Kier molecular flexibility index (Phi) is 5.64. The number of amides is 4. The molecule has 1 saturated heterocycles. The zero-order valence-electron chi connectivity index (χ0n) is 16.1. The van der Waals surface area contributed by atoms with E-state index in [9.17, 15) is 18.8 Å². The quantitative estimate of drug-likeness (QED) is 0.476. The van der Waals surface area contributed by atoms with E-state index in [0.29, 0.717) is 17.5 Å². The number of urea groups is 1. The van der Waals surface area contributed by atoms with Crippen molar-refractivity contribution >= 4 is 41.2 Å². The third-order valence-corrected chi connectivity index (χ3v) is 5.16. The van der Waals surface area contributed by atoms with E-state index in [1.165, 1.54) is 18.2 Å². The van der Waals surface area contributed by atoms with Crippen molar-refractivity contribution in [3.05, 3.63) is 106 Å². The molecule has 31 heavy (non-hydrogen) atoms. The first-order valence-corrected chi connectivity index (χ1v) is 9.80. The monoisotopic (exact) mass is 434 g/mol. The van der Waals surface area contributed by atoms with Crippen LogP contribution in [0.4, 0.5) is 14.9 Å². The SMILES string of the molecule is O=C1NC(=O)N(c2ccccc2Cl)C(=O)/C1=C/c1ccc(Cc2ccccc2F)cc1. The summed E-state index contributed by atoms with van der Waals surface area (Å²) in [6.45, 7) is 0. The lowest BCUT2D eigenvalue weighted by atomic mass is 10.0. The lowest BCUT2D eigenvalue weighted by Crippen LogP contribution is -2.54. The third kappa shape index (κ3) is 4.25. The summed E-state index contributed by atoms with van der Waals surface area (Å²) < 4.78 is 13.9. The maximum absolute atomic E-state index is 13.9. The number of nitrogens with zero attached hydrogens (tertiary/aromatic N) is 1. The second-order valence-electron chi connectivity index (χ2n) is 6.92. The minimum absolute atomic E-state index is 0.185. The molecule has 1 N–H and O–H groups in total. The van der Waals surface area contributed by atoms with E-state index in [1.807, 2.05) is 0 Å². The maximum Gasteiger partial charge on any atom is 0.335 e. The lowest BCUT2D eigenvalue weighted by Gasteiger charge is -2.27. The highest BCUT2D eigenvalue weighted by molar-refractivity contribution is 6.42. The normalized spacial score (nSPS) is 15.4. The van der Waals surface area contributed by atoms with E-state index in [-0.39, 0.29) is 22.1 Å². The number of imide groups is 2. The van der Waals surface area contributed by atoms with Crippen LogP contribution in [0.2, 0.25) is 5.02 Å². The van der Waals surface area contributed by atoms with Crippen molar-refractivity contribution in [1.29, 1.82) is 0 Å². The molecule has 1 aliphatic heterocycles. The van der Waals surface area contributed by atoms with Gasteiger partial charge < -0.3 is 0 Å². The highest BCUT2D eigenvalue weighted by Gasteiger charge is 2.37. The number of hydrogen-bond acceptors (Lipinski definition) is 3. The van der Waals surface area contributed by atoms with E-state index in [0.717, 1.165) is 10.5 Å². The summed E-state index contributed by atoms with van der Waals surface area (Å²) in [5, 5.41) is 2.37. The van der Waals surface area contributed by atoms with Gasteiger partial charge in [0.05, 0.1) is 10.7 Å². The number of carbonyl (C=O) groups excluding carboxylic acids is 3. The van der Waals surface area contributed by atoms with Gasteiger partial charge in [0.25, 0.3) is 11.8 Å². The molecule has 1 fully saturated rings. The summed E-state index contributed by atoms with van der Waals surface area (Å²) in [6, 6.07) is 19.1. The van der Waals surface area contributed by atoms with Gasteiger partial charge in [-0.3, -0.25) is 14.9 Å². The Labute approximate surface area is 182 Å². The molecule has 0 spiro atoms. The number of rotatable bonds is 4. The van der Waals surface area contributed by atoms with Gasteiger partial charge in [0, 0.05) is 6.42 Å². The maximum atomic E-state index is 13.9. The van der Waals surface area contributed by atoms with Gasteiger partial charge in [-0.15, -0.1) is 0 Å². The van der Waals surface area contributed by atoms with E-state index in [2.05, 4.69) is 5.32 Å². The summed E-state index contributed by atoms with van der Waals surface area (Å²) in [5.74, 6) is -1.83. The van der Waals surface area contributed by atoms with Gasteiger partial charge in [-0.1, -0.05) is 66.2 Å². The van der Waals surface area contributed by atoms with Gasteiger partial charge in [-0.05, 0) is 41.0 Å². The second-order valence-corrected chi connectivity index (χ2v) is 7.33. The van der Waals surface area contributed by atoms with Crippen LogP contribution >= 0.6 is 11.6 Å². The number of para-hydroxylation sites is 1. The predicted octanol–water partition coefficient (Wildman–Crippen LogP) is 4.74. The van der Waals surface area contributed by atoms with Crippen LogP contribution < -0.4 is 10.2 Å². The Morgan fingerprint density at radius 2 is 1.58 bits per heavy atom. The molecule has 1 aliphatic rings. The van der Waals surface area contributed by atoms with Crippen LogP contribution in [0.1, 0.15) is 16.7 Å². The average molecular weight is 435 g/mol. The van der Waals surface area contributed by atoms with Crippen LogP contribution in [0.3, 0.4) is 0 Å². The fraction of sp³-hybridized carbons (Fsp3) is 0.0417. The Morgan fingerprint density at radius 1 is 0.903 bits per heavy atom. The molecule has 4 amide bonds. The Hall–Kier alpha value is -3.77. The van der Waals surface area contributed by atoms with Gasteiger partial charge >= 0.3 is 6.03 Å². The summed E-state index contributed by atoms with van der Waals surface area (Å²) in [4.78, 5) is 38.3. The molecule has 0 aliphatic carbocycles. The number of benzene rings is 3. The van der Waals surface area contributed by atoms with Crippen LogP contribution in [0.15, 0.2) is 78.4 Å². The van der Waals surface area contributed by atoms with E-state index in [4.69, 9.17) is 11.6 Å². The number of hydrogen-bond donors (Lipinski definition) is 1. The number of barbiturate groups is 1.